The lowest BCUT2D eigenvalue weighted by molar-refractivity contribution is -0.0469. The lowest BCUT2D eigenvalue weighted by Gasteiger charge is -2.31. The molecule has 2 heterocycles. The van der Waals surface area contributed by atoms with E-state index in [0.29, 0.717) is 13.0 Å². The third-order valence-corrected chi connectivity index (χ3v) is 3.22. The van der Waals surface area contributed by atoms with Crippen LogP contribution in [0, 0.1) is 0 Å². The fourth-order valence-electron chi connectivity index (χ4n) is 2.01. The zero-order chi connectivity index (χ0) is 13.7. The van der Waals surface area contributed by atoms with Crippen molar-refractivity contribution >= 4 is 6.03 Å². The number of nitrogens with one attached hydrogen (secondary N) is 1. The lowest BCUT2D eigenvalue weighted by atomic mass is 10.1. The summed E-state index contributed by atoms with van der Waals surface area (Å²) >= 11 is 0. The summed E-state index contributed by atoms with van der Waals surface area (Å²) in [4.78, 5) is 17.1. The van der Waals surface area contributed by atoms with E-state index >= 15 is 0 Å². The molecule has 2 amide bonds. The second-order valence-corrected chi connectivity index (χ2v) is 4.68. The van der Waals surface area contributed by atoms with Crippen molar-refractivity contribution in [2.24, 2.45) is 0 Å². The number of piperidine rings is 1. The number of carbonyl (C=O) groups is 1. The molecule has 104 valence electrons. The monoisotopic (exact) mass is 269 g/mol. The van der Waals surface area contributed by atoms with Gasteiger partial charge in [-0.1, -0.05) is 0 Å². The van der Waals surface area contributed by atoms with Gasteiger partial charge >= 0.3 is 6.03 Å². The molecule has 1 saturated heterocycles. The summed E-state index contributed by atoms with van der Waals surface area (Å²) in [6.07, 6.45) is 3.61. The van der Waals surface area contributed by atoms with Crippen LogP contribution in [0.25, 0.3) is 0 Å². The number of nitrogens with zero attached hydrogens (tertiary/aromatic N) is 2. The Balaban J connectivity index is 1.70. The van der Waals surface area contributed by atoms with Crippen molar-refractivity contribution in [1.29, 1.82) is 0 Å². The first kappa shape index (κ1) is 13.7. The van der Waals surface area contributed by atoms with Crippen LogP contribution in [0.1, 0.15) is 18.4 Å². The molecule has 2 rings (SSSR count). The number of halogens is 2. The quantitative estimate of drug-likeness (QED) is 0.913. The summed E-state index contributed by atoms with van der Waals surface area (Å²) < 4.78 is 25.9. The number of likely N-dealkylation sites (tertiary alicyclic amines) is 1. The van der Waals surface area contributed by atoms with Crippen LogP contribution < -0.4 is 5.32 Å². The van der Waals surface area contributed by atoms with Gasteiger partial charge in [0.2, 0.25) is 0 Å². The fraction of sp³-hybridized carbons (Fsp3) is 0.538. The first-order valence-corrected chi connectivity index (χ1v) is 6.36. The van der Waals surface area contributed by atoms with Gasteiger partial charge in [-0.25, -0.2) is 13.6 Å². The standard InChI is InChI=1S/C13H17F2N3O/c14-13(15)4-9-18(10-5-13)12(19)17-8-3-11-1-6-16-7-2-11/h1-2,6-7H,3-5,8-10H2,(H,17,19). The maximum absolute atomic E-state index is 13.0. The molecule has 1 N–H and O–H groups in total. The van der Waals surface area contributed by atoms with Crippen molar-refractivity contribution in [1.82, 2.24) is 15.2 Å². The highest BCUT2D eigenvalue weighted by atomic mass is 19.3. The third-order valence-electron chi connectivity index (χ3n) is 3.22. The van der Waals surface area contributed by atoms with Gasteiger partial charge in [0.1, 0.15) is 0 Å². The van der Waals surface area contributed by atoms with Crippen molar-refractivity contribution < 1.29 is 13.6 Å². The van der Waals surface area contributed by atoms with E-state index in [2.05, 4.69) is 10.3 Å². The molecular formula is C13H17F2N3O. The Bertz CT molecular complexity index is 415. The number of rotatable bonds is 3. The van der Waals surface area contributed by atoms with E-state index in [1.54, 1.807) is 12.4 Å². The maximum atomic E-state index is 13.0. The molecule has 0 saturated carbocycles. The van der Waals surface area contributed by atoms with Gasteiger partial charge in [0.25, 0.3) is 5.92 Å². The number of urea groups is 1. The van der Waals surface area contributed by atoms with Crippen molar-refractivity contribution in [3.05, 3.63) is 30.1 Å². The highest BCUT2D eigenvalue weighted by molar-refractivity contribution is 5.74. The minimum Gasteiger partial charge on any atom is -0.338 e. The number of amides is 2. The molecule has 1 aliphatic heterocycles. The van der Waals surface area contributed by atoms with Crippen LogP contribution in [0.5, 0.6) is 0 Å². The summed E-state index contributed by atoms with van der Waals surface area (Å²) in [7, 11) is 0. The highest BCUT2D eigenvalue weighted by Gasteiger charge is 2.35. The molecule has 0 aromatic carbocycles. The van der Waals surface area contributed by atoms with Gasteiger partial charge in [-0.05, 0) is 24.1 Å². The molecule has 19 heavy (non-hydrogen) atoms. The van der Waals surface area contributed by atoms with Crippen LogP contribution in [0.15, 0.2) is 24.5 Å². The number of hydrogen-bond acceptors (Lipinski definition) is 2. The van der Waals surface area contributed by atoms with Gasteiger partial charge < -0.3 is 10.2 Å². The van der Waals surface area contributed by atoms with E-state index in [-0.39, 0.29) is 32.0 Å². The molecule has 1 fully saturated rings. The number of alkyl halides is 2. The van der Waals surface area contributed by atoms with Crippen molar-refractivity contribution in [2.75, 3.05) is 19.6 Å². The van der Waals surface area contributed by atoms with E-state index < -0.39 is 5.92 Å². The van der Waals surface area contributed by atoms with Gasteiger partial charge in [0.05, 0.1) is 0 Å². The number of pyridine rings is 1. The summed E-state index contributed by atoms with van der Waals surface area (Å²) in [5, 5.41) is 2.75. The zero-order valence-corrected chi connectivity index (χ0v) is 10.6. The molecule has 1 aliphatic rings. The first-order chi connectivity index (χ1) is 9.07. The molecule has 4 nitrogen and oxygen atoms in total. The van der Waals surface area contributed by atoms with Crippen LogP contribution in [-0.2, 0) is 6.42 Å². The van der Waals surface area contributed by atoms with Crippen LogP contribution in [0.2, 0.25) is 0 Å². The Labute approximate surface area is 110 Å². The molecule has 0 bridgehead atoms. The van der Waals surface area contributed by atoms with E-state index in [0.717, 1.165) is 5.56 Å². The summed E-state index contributed by atoms with van der Waals surface area (Å²) in [6, 6.07) is 3.51. The molecule has 0 aliphatic carbocycles. The van der Waals surface area contributed by atoms with Gasteiger partial charge in [0, 0.05) is 44.9 Å². The van der Waals surface area contributed by atoms with Gasteiger partial charge in [-0.3, -0.25) is 4.98 Å². The Morgan fingerprint density at radius 3 is 2.58 bits per heavy atom. The summed E-state index contributed by atoms with van der Waals surface area (Å²) in [5.74, 6) is -2.62. The predicted octanol–water partition coefficient (Wildman–Crippen LogP) is 2.06. The third kappa shape index (κ3) is 4.15. The highest BCUT2D eigenvalue weighted by Crippen LogP contribution is 2.27. The second-order valence-electron chi connectivity index (χ2n) is 4.68. The minimum atomic E-state index is -2.62. The van der Waals surface area contributed by atoms with Crippen LogP contribution >= 0.6 is 0 Å². The molecule has 1 aromatic heterocycles. The normalized spacial score (nSPS) is 18.1. The van der Waals surface area contributed by atoms with E-state index in [1.165, 1.54) is 4.90 Å². The average molecular weight is 269 g/mol. The molecule has 0 radical (unpaired) electrons. The maximum Gasteiger partial charge on any atom is 0.317 e. The fourth-order valence-corrected chi connectivity index (χ4v) is 2.01. The Morgan fingerprint density at radius 2 is 1.95 bits per heavy atom. The van der Waals surface area contributed by atoms with E-state index in [1.807, 2.05) is 12.1 Å². The van der Waals surface area contributed by atoms with Crippen molar-refractivity contribution in [2.45, 2.75) is 25.2 Å². The minimum absolute atomic E-state index is 0.119. The molecular weight excluding hydrogens is 252 g/mol. The summed E-state index contributed by atoms with van der Waals surface area (Å²) in [5.41, 5.74) is 1.08. The Hall–Kier alpha value is -1.72. The van der Waals surface area contributed by atoms with Gasteiger partial charge in [0.15, 0.2) is 0 Å². The second kappa shape index (κ2) is 5.95. The smallest absolute Gasteiger partial charge is 0.317 e. The predicted molar refractivity (Wildman–Crippen MR) is 67.1 cm³/mol. The topological polar surface area (TPSA) is 45.2 Å². The van der Waals surface area contributed by atoms with Crippen molar-refractivity contribution in [3.8, 4) is 0 Å². The number of carbonyl (C=O) groups excluding carboxylic acids is 1. The lowest BCUT2D eigenvalue weighted by Crippen LogP contribution is -2.47. The largest absolute Gasteiger partial charge is 0.338 e. The van der Waals surface area contributed by atoms with E-state index in [4.69, 9.17) is 0 Å². The SMILES string of the molecule is O=C(NCCc1ccncc1)N1CCC(F)(F)CC1. The molecule has 0 unspecified atom stereocenters. The first-order valence-electron chi connectivity index (χ1n) is 6.36. The Morgan fingerprint density at radius 1 is 1.32 bits per heavy atom. The Kier molecular flexibility index (Phi) is 4.29. The average Bonchev–Trinajstić information content (AvgIpc) is 2.39. The number of hydrogen-bond donors (Lipinski definition) is 1. The molecule has 6 heteroatoms. The van der Waals surface area contributed by atoms with Crippen LogP contribution in [-0.4, -0.2) is 41.5 Å². The van der Waals surface area contributed by atoms with Crippen molar-refractivity contribution in [3.63, 3.8) is 0 Å². The van der Waals surface area contributed by atoms with Crippen LogP contribution in [0.4, 0.5) is 13.6 Å². The summed E-state index contributed by atoms with van der Waals surface area (Å²) in [6.45, 7) is 0.734. The number of aromatic nitrogens is 1. The van der Waals surface area contributed by atoms with Crippen LogP contribution in [0.3, 0.4) is 0 Å². The molecule has 0 atom stereocenters. The molecule has 1 aromatic rings. The zero-order valence-electron chi connectivity index (χ0n) is 10.6. The van der Waals surface area contributed by atoms with Gasteiger partial charge in [-0.15, -0.1) is 0 Å². The van der Waals surface area contributed by atoms with E-state index in [9.17, 15) is 13.6 Å². The van der Waals surface area contributed by atoms with Gasteiger partial charge in [-0.2, -0.15) is 0 Å². The molecule has 0 spiro atoms.